The molecular formula is C24H23N3O5. The molecule has 0 saturated heterocycles. The van der Waals surface area contributed by atoms with Crippen molar-refractivity contribution in [3.05, 3.63) is 90.1 Å². The van der Waals surface area contributed by atoms with Crippen molar-refractivity contribution in [1.29, 1.82) is 0 Å². The minimum Gasteiger partial charge on any atom is -0.503 e. The number of allylic oxidation sites excluding steroid dienone is 1. The van der Waals surface area contributed by atoms with Gasteiger partial charge in [0.1, 0.15) is 11.5 Å². The maximum atomic E-state index is 13.1. The maximum Gasteiger partial charge on any atom is 0.290 e. The molecule has 1 aliphatic heterocycles. The molecular weight excluding hydrogens is 410 g/mol. The Labute approximate surface area is 185 Å². The first-order valence-electron chi connectivity index (χ1n) is 10.2. The Balaban J connectivity index is 1.66. The number of aliphatic hydroxyl groups excluding tert-OH is 1. The van der Waals surface area contributed by atoms with Gasteiger partial charge in [0.15, 0.2) is 11.5 Å². The predicted molar refractivity (Wildman–Crippen MR) is 117 cm³/mol. The van der Waals surface area contributed by atoms with E-state index < -0.39 is 23.5 Å². The quantitative estimate of drug-likeness (QED) is 0.518. The summed E-state index contributed by atoms with van der Waals surface area (Å²) in [5.74, 6) is -0.576. The number of furan rings is 1. The van der Waals surface area contributed by atoms with Gasteiger partial charge in [-0.3, -0.25) is 9.59 Å². The van der Waals surface area contributed by atoms with E-state index in [-0.39, 0.29) is 5.57 Å². The van der Waals surface area contributed by atoms with E-state index in [9.17, 15) is 14.7 Å². The summed E-state index contributed by atoms with van der Waals surface area (Å²) in [6.45, 7) is 0.979. The second kappa shape index (κ2) is 9.38. The predicted octanol–water partition coefficient (Wildman–Crippen LogP) is 3.55. The van der Waals surface area contributed by atoms with Crippen molar-refractivity contribution in [2.75, 3.05) is 13.7 Å². The number of ketones is 1. The molecule has 0 saturated carbocycles. The zero-order valence-corrected chi connectivity index (χ0v) is 17.5. The molecule has 3 aromatic rings. The molecule has 1 amide bonds. The molecule has 4 rings (SSSR count). The molecule has 0 bridgehead atoms. The standard InChI is InChI=1S/C24H23N3O5/c1-31-20-8-3-2-7-18(20)22-21(19(28)10-9-17-6-4-15-32-17)23(29)24(30)27(22)13-5-12-26-14-11-25-16-26/h2-4,6-11,14-16,22,29H,5,12-13H2,1H3/b10-9+. The Hall–Kier alpha value is -4.07. The summed E-state index contributed by atoms with van der Waals surface area (Å²) < 4.78 is 12.6. The van der Waals surface area contributed by atoms with Crippen LogP contribution < -0.4 is 4.74 Å². The Kier molecular flexibility index (Phi) is 6.21. The SMILES string of the molecule is COc1ccccc1C1C(C(=O)/C=C/c2ccco2)=C(O)C(=O)N1CCCn1ccnc1. The van der Waals surface area contributed by atoms with E-state index in [2.05, 4.69) is 4.98 Å². The Bertz CT molecular complexity index is 1150. The van der Waals surface area contributed by atoms with E-state index in [1.54, 1.807) is 36.8 Å². The molecule has 1 atom stereocenters. The third-order valence-corrected chi connectivity index (χ3v) is 5.32. The van der Waals surface area contributed by atoms with E-state index in [0.717, 1.165) is 0 Å². The maximum absolute atomic E-state index is 13.1. The van der Waals surface area contributed by atoms with Gasteiger partial charge in [0.05, 0.1) is 31.3 Å². The average Bonchev–Trinajstić information content (AvgIpc) is 3.56. The Morgan fingerprint density at radius 1 is 1.25 bits per heavy atom. The first kappa shape index (κ1) is 21.2. The van der Waals surface area contributed by atoms with Gasteiger partial charge >= 0.3 is 0 Å². The molecule has 3 heterocycles. The summed E-state index contributed by atoms with van der Waals surface area (Å²) in [5.41, 5.74) is 0.648. The van der Waals surface area contributed by atoms with Gasteiger partial charge in [-0.2, -0.15) is 0 Å². The second-order valence-corrected chi connectivity index (χ2v) is 7.27. The van der Waals surface area contributed by atoms with Gasteiger partial charge in [0.2, 0.25) is 0 Å². The molecule has 32 heavy (non-hydrogen) atoms. The number of carbonyl (C=O) groups excluding carboxylic acids is 2. The van der Waals surface area contributed by atoms with E-state index in [4.69, 9.17) is 9.15 Å². The number of amides is 1. The van der Waals surface area contributed by atoms with Crippen LogP contribution in [0.25, 0.3) is 6.08 Å². The summed E-state index contributed by atoms with van der Waals surface area (Å²) in [4.78, 5) is 31.6. The van der Waals surface area contributed by atoms with Crippen LogP contribution >= 0.6 is 0 Å². The number of benzene rings is 1. The number of hydrogen-bond donors (Lipinski definition) is 1. The summed E-state index contributed by atoms with van der Waals surface area (Å²) in [6.07, 6.45) is 10.2. The minimum atomic E-state index is -0.768. The van der Waals surface area contributed by atoms with Crippen molar-refractivity contribution in [1.82, 2.24) is 14.5 Å². The Morgan fingerprint density at radius 2 is 2.09 bits per heavy atom. The smallest absolute Gasteiger partial charge is 0.290 e. The third-order valence-electron chi connectivity index (χ3n) is 5.32. The van der Waals surface area contributed by atoms with Crippen molar-refractivity contribution >= 4 is 17.8 Å². The molecule has 1 aromatic carbocycles. The number of aryl methyl sites for hydroxylation is 1. The zero-order valence-electron chi connectivity index (χ0n) is 17.5. The van der Waals surface area contributed by atoms with Crippen molar-refractivity contribution in [2.45, 2.75) is 19.0 Å². The van der Waals surface area contributed by atoms with Gasteiger partial charge in [-0.25, -0.2) is 4.98 Å². The fourth-order valence-corrected chi connectivity index (χ4v) is 3.83. The van der Waals surface area contributed by atoms with Gasteiger partial charge in [-0.05, 0) is 36.8 Å². The topological polar surface area (TPSA) is 97.8 Å². The molecule has 1 aliphatic rings. The molecule has 8 heteroatoms. The number of methoxy groups -OCH3 is 1. The van der Waals surface area contributed by atoms with Gasteiger partial charge in [-0.15, -0.1) is 0 Å². The van der Waals surface area contributed by atoms with Crippen molar-refractivity contribution in [3.63, 3.8) is 0 Å². The highest BCUT2D eigenvalue weighted by Gasteiger charge is 2.43. The lowest BCUT2D eigenvalue weighted by Gasteiger charge is -2.27. The van der Waals surface area contributed by atoms with E-state index in [1.807, 2.05) is 22.9 Å². The van der Waals surface area contributed by atoms with Crippen molar-refractivity contribution in [3.8, 4) is 5.75 Å². The fourth-order valence-electron chi connectivity index (χ4n) is 3.83. The molecule has 0 radical (unpaired) electrons. The van der Waals surface area contributed by atoms with E-state index >= 15 is 0 Å². The van der Waals surface area contributed by atoms with Crippen LogP contribution in [0.5, 0.6) is 5.75 Å². The van der Waals surface area contributed by atoms with Crippen LogP contribution in [-0.2, 0) is 16.1 Å². The molecule has 0 fully saturated rings. The zero-order chi connectivity index (χ0) is 22.5. The summed E-state index contributed by atoms with van der Waals surface area (Å²) in [5, 5.41) is 10.7. The number of imidazole rings is 1. The lowest BCUT2D eigenvalue weighted by Crippen LogP contribution is -2.32. The number of ether oxygens (including phenoxy) is 1. The molecule has 0 spiro atoms. The lowest BCUT2D eigenvalue weighted by atomic mass is 9.95. The highest BCUT2D eigenvalue weighted by atomic mass is 16.5. The molecule has 8 nitrogen and oxygen atoms in total. The first-order chi connectivity index (χ1) is 15.6. The molecule has 2 aromatic heterocycles. The van der Waals surface area contributed by atoms with Crippen molar-refractivity contribution in [2.24, 2.45) is 0 Å². The van der Waals surface area contributed by atoms with Crippen molar-refractivity contribution < 1.29 is 23.8 Å². The van der Waals surface area contributed by atoms with Crippen LogP contribution in [-0.4, -0.2) is 44.9 Å². The average molecular weight is 433 g/mol. The number of aromatic nitrogens is 2. The summed E-state index contributed by atoms with van der Waals surface area (Å²) in [6, 6.07) is 9.82. The fraction of sp³-hybridized carbons (Fsp3) is 0.208. The van der Waals surface area contributed by atoms with Crippen LogP contribution in [0.15, 0.2) is 83.2 Å². The summed E-state index contributed by atoms with van der Waals surface area (Å²) >= 11 is 0. The largest absolute Gasteiger partial charge is 0.503 e. The second-order valence-electron chi connectivity index (χ2n) is 7.27. The van der Waals surface area contributed by atoms with Gasteiger partial charge in [0.25, 0.3) is 5.91 Å². The van der Waals surface area contributed by atoms with Gasteiger partial charge < -0.3 is 23.7 Å². The molecule has 164 valence electrons. The monoisotopic (exact) mass is 433 g/mol. The summed E-state index contributed by atoms with van der Waals surface area (Å²) in [7, 11) is 1.53. The molecule has 0 aliphatic carbocycles. The van der Waals surface area contributed by atoms with Gasteiger partial charge in [-0.1, -0.05) is 18.2 Å². The highest BCUT2D eigenvalue weighted by Crippen LogP contribution is 2.41. The van der Waals surface area contributed by atoms with Crippen LogP contribution in [0.2, 0.25) is 0 Å². The van der Waals surface area contributed by atoms with Crippen LogP contribution in [0.4, 0.5) is 0 Å². The number of rotatable bonds is 9. The van der Waals surface area contributed by atoms with Gasteiger partial charge in [0, 0.05) is 31.0 Å². The molecule has 1 unspecified atom stereocenters. The highest BCUT2D eigenvalue weighted by molar-refractivity contribution is 6.14. The van der Waals surface area contributed by atoms with Crippen LogP contribution in [0.1, 0.15) is 23.8 Å². The molecule has 1 N–H and O–H groups in total. The number of aliphatic hydroxyl groups is 1. The van der Waals surface area contributed by atoms with Crippen LogP contribution in [0, 0.1) is 0 Å². The first-order valence-corrected chi connectivity index (χ1v) is 10.2. The minimum absolute atomic E-state index is 0.0185. The normalized spacial score (nSPS) is 16.3. The third kappa shape index (κ3) is 4.20. The number of hydrogen-bond acceptors (Lipinski definition) is 6. The number of para-hydroxylation sites is 1. The number of carbonyl (C=O) groups is 2. The van der Waals surface area contributed by atoms with Crippen LogP contribution in [0.3, 0.4) is 0 Å². The Morgan fingerprint density at radius 3 is 2.81 bits per heavy atom. The van der Waals surface area contributed by atoms with E-state index in [1.165, 1.54) is 30.4 Å². The van der Waals surface area contributed by atoms with E-state index in [0.29, 0.717) is 36.6 Å². The lowest BCUT2D eigenvalue weighted by molar-refractivity contribution is -0.129. The number of nitrogens with zero attached hydrogens (tertiary/aromatic N) is 3.